The molecule has 0 amide bonds. The minimum Gasteiger partial charge on any atom is -0.468 e. The zero-order valence-corrected chi connectivity index (χ0v) is 8.19. The van der Waals surface area contributed by atoms with E-state index < -0.39 is 0 Å². The minimum absolute atomic E-state index is 0.0138. The van der Waals surface area contributed by atoms with E-state index in [2.05, 4.69) is 6.92 Å². The van der Waals surface area contributed by atoms with Gasteiger partial charge in [-0.15, -0.1) is 0 Å². The third-order valence-corrected chi connectivity index (χ3v) is 2.02. The van der Waals surface area contributed by atoms with Gasteiger partial charge in [0.1, 0.15) is 5.76 Å². The van der Waals surface area contributed by atoms with Gasteiger partial charge >= 0.3 is 0 Å². The first-order chi connectivity index (χ1) is 6.24. The molecule has 0 fully saturated rings. The molecule has 1 rings (SSSR count). The molecule has 0 bridgehead atoms. The molecule has 0 spiro atoms. The van der Waals surface area contributed by atoms with Gasteiger partial charge in [-0.1, -0.05) is 6.92 Å². The van der Waals surface area contributed by atoms with Gasteiger partial charge in [0.15, 0.2) is 0 Å². The summed E-state index contributed by atoms with van der Waals surface area (Å²) < 4.78 is 10.2. The molecule has 0 aromatic carbocycles. The SMILES string of the molecule is COC[C@@H](C)C[C@H](N)c1ccco1. The number of furan rings is 1. The van der Waals surface area contributed by atoms with Gasteiger partial charge in [0.2, 0.25) is 0 Å². The van der Waals surface area contributed by atoms with Crippen LogP contribution in [-0.4, -0.2) is 13.7 Å². The highest BCUT2D eigenvalue weighted by Gasteiger charge is 2.12. The largest absolute Gasteiger partial charge is 0.468 e. The predicted octanol–water partition coefficient (Wildman–Crippen LogP) is 1.95. The Balaban J connectivity index is 2.37. The summed E-state index contributed by atoms with van der Waals surface area (Å²) in [6.45, 7) is 2.86. The fourth-order valence-electron chi connectivity index (χ4n) is 1.40. The van der Waals surface area contributed by atoms with Crippen molar-refractivity contribution in [3.63, 3.8) is 0 Å². The van der Waals surface area contributed by atoms with Crippen molar-refractivity contribution < 1.29 is 9.15 Å². The van der Waals surface area contributed by atoms with Gasteiger partial charge in [-0.2, -0.15) is 0 Å². The molecule has 0 aliphatic carbocycles. The topological polar surface area (TPSA) is 48.4 Å². The highest BCUT2D eigenvalue weighted by molar-refractivity contribution is 5.03. The summed E-state index contributed by atoms with van der Waals surface area (Å²) in [4.78, 5) is 0. The summed E-state index contributed by atoms with van der Waals surface area (Å²) in [5.41, 5.74) is 5.92. The Morgan fingerprint density at radius 1 is 1.62 bits per heavy atom. The molecule has 2 N–H and O–H groups in total. The van der Waals surface area contributed by atoms with Gasteiger partial charge in [-0.3, -0.25) is 0 Å². The molecule has 1 heterocycles. The molecule has 13 heavy (non-hydrogen) atoms. The fourth-order valence-corrected chi connectivity index (χ4v) is 1.40. The molecule has 0 aliphatic heterocycles. The first kappa shape index (κ1) is 10.3. The second kappa shape index (κ2) is 5.04. The first-order valence-corrected chi connectivity index (χ1v) is 4.52. The van der Waals surface area contributed by atoms with Crippen LogP contribution >= 0.6 is 0 Å². The molecule has 0 unspecified atom stereocenters. The van der Waals surface area contributed by atoms with E-state index in [1.807, 2.05) is 12.1 Å². The van der Waals surface area contributed by atoms with E-state index in [-0.39, 0.29) is 6.04 Å². The minimum atomic E-state index is -0.0138. The maximum Gasteiger partial charge on any atom is 0.120 e. The van der Waals surface area contributed by atoms with E-state index in [0.29, 0.717) is 5.92 Å². The van der Waals surface area contributed by atoms with Crippen molar-refractivity contribution in [1.82, 2.24) is 0 Å². The Bertz CT molecular complexity index is 221. The zero-order valence-electron chi connectivity index (χ0n) is 8.19. The molecule has 1 aromatic rings. The van der Waals surface area contributed by atoms with E-state index in [0.717, 1.165) is 18.8 Å². The molecule has 0 saturated heterocycles. The van der Waals surface area contributed by atoms with Gasteiger partial charge in [0.25, 0.3) is 0 Å². The van der Waals surface area contributed by atoms with Crippen LogP contribution in [0.3, 0.4) is 0 Å². The smallest absolute Gasteiger partial charge is 0.120 e. The van der Waals surface area contributed by atoms with Crippen LogP contribution in [0.25, 0.3) is 0 Å². The van der Waals surface area contributed by atoms with Crippen molar-refractivity contribution in [3.8, 4) is 0 Å². The van der Waals surface area contributed by atoms with E-state index in [1.54, 1.807) is 13.4 Å². The van der Waals surface area contributed by atoms with Crippen LogP contribution in [0.5, 0.6) is 0 Å². The van der Waals surface area contributed by atoms with Gasteiger partial charge in [0.05, 0.1) is 12.3 Å². The quantitative estimate of drug-likeness (QED) is 0.759. The standard InChI is InChI=1S/C10H17NO2/c1-8(7-12-2)6-9(11)10-4-3-5-13-10/h3-5,8-9H,6-7,11H2,1-2H3/t8-,9-/m0/s1. The van der Waals surface area contributed by atoms with Crippen molar-refractivity contribution in [2.75, 3.05) is 13.7 Å². The highest BCUT2D eigenvalue weighted by Crippen LogP contribution is 2.19. The predicted molar refractivity (Wildman–Crippen MR) is 51.3 cm³/mol. The van der Waals surface area contributed by atoms with Crippen molar-refractivity contribution in [2.45, 2.75) is 19.4 Å². The van der Waals surface area contributed by atoms with Crippen molar-refractivity contribution >= 4 is 0 Å². The summed E-state index contributed by atoms with van der Waals surface area (Å²) in [6.07, 6.45) is 2.54. The van der Waals surface area contributed by atoms with Crippen LogP contribution in [0.2, 0.25) is 0 Å². The number of rotatable bonds is 5. The lowest BCUT2D eigenvalue weighted by molar-refractivity contribution is 0.150. The molecule has 2 atom stereocenters. The van der Waals surface area contributed by atoms with Crippen molar-refractivity contribution in [2.24, 2.45) is 11.7 Å². The van der Waals surface area contributed by atoms with Gasteiger partial charge in [-0.05, 0) is 24.5 Å². The maximum atomic E-state index is 5.92. The van der Waals surface area contributed by atoms with Crippen LogP contribution in [-0.2, 0) is 4.74 Å². The summed E-state index contributed by atoms with van der Waals surface area (Å²) >= 11 is 0. The second-order valence-electron chi connectivity index (χ2n) is 3.42. The number of hydrogen-bond acceptors (Lipinski definition) is 3. The van der Waals surface area contributed by atoms with Crippen LogP contribution in [0.1, 0.15) is 25.1 Å². The molecule has 3 heteroatoms. The Morgan fingerprint density at radius 2 is 2.38 bits per heavy atom. The number of hydrogen-bond donors (Lipinski definition) is 1. The monoisotopic (exact) mass is 183 g/mol. The maximum absolute atomic E-state index is 5.92. The summed E-state index contributed by atoms with van der Waals surface area (Å²) in [7, 11) is 1.70. The number of nitrogens with two attached hydrogens (primary N) is 1. The summed E-state index contributed by atoms with van der Waals surface area (Å²) in [6, 6.07) is 3.75. The van der Waals surface area contributed by atoms with Crippen LogP contribution < -0.4 is 5.73 Å². The Labute approximate surface area is 78.9 Å². The fraction of sp³-hybridized carbons (Fsp3) is 0.600. The zero-order chi connectivity index (χ0) is 9.68. The van der Waals surface area contributed by atoms with Crippen LogP contribution in [0.4, 0.5) is 0 Å². The van der Waals surface area contributed by atoms with E-state index in [4.69, 9.17) is 14.9 Å². The van der Waals surface area contributed by atoms with Gasteiger partial charge in [0, 0.05) is 13.7 Å². The molecule has 0 aliphatic rings. The van der Waals surface area contributed by atoms with Crippen molar-refractivity contribution in [3.05, 3.63) is 24.2 Å². The third-order valence-electron chi connectivity index (χ3n) is 2.02. The van der Waals surface area contributed by atoms with E-state index in [9.17, 15) is 0 Å². The number of methoxy groups -OCH3 is 1. The Morgan fingerprint density at radius 3 is 2.92 bits per heavy atom. The Kier molecular flexibility index (Phi) is 3.99. The first-order valence-electron chi connectivity index (χ1n) is 4.52. The molecule has 0 radical (unpaired) electrons. The van der Waals surface area contributed by atoms with Crippen LogP contribution in [0, 0.1) is 5.92 Å². The molecule has 3 nitrogen and oxygen atoms in total. The van der Waals surface area contributed by atoms with E-state index >= 15 is 0 Å². The third kappa shape index (κ3) is 3.20. The lowest BCUT2D eigenvalue weighted by Crippen LogP contribution is -2.15. The lowest BCUT2D eigenvalue weighted by atomic mass is 10.0. The van der Waals surface area contributed by atoms with Crippen molar-refractivity contribution in [1.29, 1.82) is 0 Å². The molecular weight excluding hydrogens is 166 g/mol. The van der Waals surface area contributed by atoms with Gasteiger partial charge in [-0.25, -0.2) is 0 Å². The van der Waals surface area contributed by atoms with Crippen LogP contribution in [0.15, 0.2) is 22.8 Å². The number of ether oxygens (including phenoxy) is 1. The Hall–Kier alpha value is -0.800. The molecule has 0 saturated carbocycles. The summed E-state index contributed by atoms with van der Waals surface area (Å²) in [5, 5.41) is 0. The van der Waals surface area contributed by atoms with Gasteiger partial charge < -0.3 is 14.9 Å². The second-order valence-corrected chi connectivity index (χ2v) is 3.42. The average Bonchev–Trinajstić information content (AvgIpc) is 2.55. The highest BCUT2D eigenvalue weighted by atomic mass is 16.5. The summed E-state index contributed by atoms with van der Waals surface area (Å²) in [5.74, 6) is 1.31. The normalized spacial score (nSPS) is 15.6. The average molecular weight is 183 g/mol. The molecule has 1 aromatic heterocycles. The molecule has 74 valence electrons. The molecular formula is C10H17NO2. The van der Waals surface area contributed by atoms with E-state index in [1.165, 1.54) is 0 Å². The lowest BCUT2D eigenvalue weighted by Gasteiger charge is -2.14.